The molecule has 1 aliphatic heterocycles. The minimum absolute atomic E-state index is 0.321. The number of fused-ring (bicyclic) bond motifs is 1. The molecule has 0 fully saturated rings. The fourth-order valence-corrected chi connectivity index (χ4v) is 3.18. The predicted octanol–water partition coefficient (Wildman–Crippen LogP) is 4.06. The Morgan fingerprint density at radius 2 is 2.23 bits per heavy atom. The number of benzene rings is 1. The Kier molecular flexibility index (Phi) is 3.23. The van der Waals surface area contributed by atoms with Gasteiger partial charge >= 0.3 is 0 Å². The summed E-state index contributed by atoms with van der Waals surface area (Å²) in [5, 5.41) is 10.2. The molecule has 0 saturated heterocycles. The van der Waals surface area contributed by atoms with Crippen LogP contribution in [0.5, 0.6) is 0 Å². The number of nitrogens with zero attached hydrogens (tertiary/aromatic N) is 2. The van der Waals surface area contributed by atoms with Gasteiger partial charge in [-0.2, -0.15) is 11.3 Å². The van der Waals surface area contributed by atoms with Gasteiger partial charge < -0.3 is 10.6 Å². The molecule has 22 heavy (non-hydrogen) atoms. The summed E-state index contributed by atoms with van der Waals surface area (Å²) in [5.41, 5.74) is 4.44. The molecular weight excluding hydrogens is 299 g/mol. The average molecular weight is 312 g/mol. The summed E-state index contributed by atoms with van der Waals surface area (Å²) in [6.07, 6.45) is 2.21. The highest BCUT2D eigenvalue weighted by atomic mass is 32.1. The third-order valence-corrected chi connectivity index (χ3v) is 4.29. The highest BCUT2D eigenvalue weighted by Crippen LogP contribution is 2.28. The molecule has 0 saturated carbocycles. The fraction of sp³-hybridized carbons (Fsp3) is 0.125. The van der Waals surface area contributed by atoms with E-state index in [0.29, 0.717) is 11.6 Å². The number of rotatable bonds is 3. The molecule has 6 heteroatoms. The maximum Gasteiger partial charge on any atom is 0.227 e. The van der Waals surface area contributed by atoms with Crippen molar-refractivity contribution in [3.63, 3.8) is 0 Å². The van der Waals surface area contributed by atoms with Crippen molar-refractivity contribution >= 4 is 28.7 Å². The number of thiophene rings is 1. The number of anilines is 3. The van der Waals surface area contributed by atoms with Crippen LogP contribution in [0.2, 0.25) is 0 Å². The van der Waals surface area contributed by atoms with Gasteiger partial charge in [0.05, 0.1) is 6.20 Å². The van der Waals surface area contributed by atoms with Crippen molar-refractivity contribution in [2.75, 3.05) is 17.2 Å². The molecule has 0 unspecified atom stereocenters. The number of hydrogen-bond donors (Lipinski definition) is 2. The summed E-state index contributed by atoms with van der Waals surface area (Å²) in [6.45, 7) is 0.966. The van der Waals surface area contributed by atoms with Gasteiger partial charge in [0.1, 0.15) is 5.69 Å². The van der Waals surface area contributed by atoms with Crippen LogP contribution in [0.15, 0.2) is 41.2 Å². The molecule has 0 atom stereocenters. The molecule has 110 valence electrons. The summed E-state index contributed by atoms with van der Waals surface area (Å²) in [5.74, 6) is -0.0180. The Morgan fingerprint density at radius 3 is 3.09 bits per heavy atom. The lowest BCUT2D eigenvalue weighted by Gasteiger charge is -2.08. The normalized spacial score (nSPS) is 12.8. The van der Waals surface area contributed by atoms with E-state index in [0.717, 1.165) is 24.2 Å². The van der Waals surface area contributed by atoms with Crippen molar-refractivity contribution in [3.05, 3.63) is 52.6 Å². The summed E-state index contributed by atoms with van der Waals surface area (Å²) >= 11 is 1.51. The number of aromatic nitrogens is 2. The van der Waals surface area contributed by atoms with Crippen molar-refractivity contribution in [3.8, 4) is 11.3 Å². The maximum absolute atomic E-state index is 13.9. The predicted molar refractivity (Wildman–Crippen MR) is 87.2 cm³/mol. The molecular formula is C16H13FN4S. The van der Waals surface area contributed by atoms with Crippen LogP contribution in [0, 0.1) is 5.82 Å². The zero-order chi connectivity index (χ0) is 14.9. The summed E-state index contributed by atoms with van der Waals surface area (Å²) in [7, 11) is 0. The molecule has 0 spiro atoms. The van der Waals surface area contributed by atoms with Gasteiger partial charge in [-0.25, -0.2) is 14.4 Å². The summed E-state index contributed by atoms with van der Waals surface area (Å²) in [6, 6.07) is 7.93. The van der Waals surface area contributed by atoms with Gasteiger partial charge in [0.25, 0.3) is 0 Å². The zero-order valence-corrected chi connectivity index (χ0v) is 12.5. The molecule has 4 rings (SSSR count). The molecule has 0 amide bonds. The van der Waals surface area contributed by atoms with E-state index < -0.39 is 5.82 Å². The summed E-state index contributed by atoms with van der Waals surface area (Å²) < 4.78 is 13.9. The van der Waals surface area contributed by atoms with E-state index in [1.165, 1.54) is 28.8 Å². The fourth-order valence-electron chi connectivity index (χ4n) is 2.54. The van der Waals surface area contributed by atoms with Crippen molar-refractivity contribution in [2.45, 2.75) is 6.42 Å². The topological polar surface area (TPSA) is 49.8 Å². The molecule has 0 radical (unpaired) electrons. The minimum Gasteiger partial charge on any atom is -0.384 e. The average Bonchev–Trinajstić information content (AvgIpc) is 3.19. The first-order valence-corrected chi connectivity index (χ1v) is 7.93. The van der Waals surface area contributed by atoms with Crippen LogP contribution < -0.4 is 10.6 Å². The standard InChI is InChI=1S/C16H13FN4S/c17-13-8-19-16(21-15(13)11-4-6-22-9-11)20-12-1-2-14-10(7-12)3-5-18-14/h1-2,4,6-9,18H,3,5H2,(H,19,20,21). The highest BCUT2D eigenvalue weighted by molar-refractivity contribution is 7.08. The molecule has 2 N–H and O–H groups in total. The first-order chi connectivity index (χ1) is 10.8. The molecule has 2 aromatic heterocycles. The van der Waals surface area contributed by atoms with E-state index in [4.69, 9.17) is 0 Å². The second-order valence-corrected chi connectivity index (χ2v) is 5.86. The minimum atomic E-state index is -0.415. The van der Waals surface area contributed by atoms with Gasteiger partial charge in [-0.15, -0.1) is 0 Å². The summed E-state index contributed by atoms with van der Waals surface area (Å²) in [4.78, 5) is 8.33. The Morgan fingerprint density at radius 1 is 1.27 bits per heavy atom. The lowest BCUT2D eigenvalue weighted by molar-refractivity contribution is 0.619. The van der Waals surface area contributed by atoms with Crippen LogP contribution in [0.3, 0.4) is 0 Å². The van der Waals surface area contributed by atoms with Gasteiger partial charge in [-0.1, -0.05) is 0 Å². The third-order valence-electron chi connectivity index (χ3n) is 3.61. The highest BCUT2D eigenvalue weighted by Gasteiger charge is 2.12. The van der Waals surface area contributed by atoms with Crippen LogP contribution in [0.25, 0.3) is 11.3 Å². The van der Waals surface area contributed by atoms with Gasteiger partial charge in [0, 0.05) is 28.9 Å². The van der Waals surface area contributed by atoms with Gasteiger partial charge in [0.2, 0.25) is 5.95 Å². The zero-order valence-electron chi connectivity index (χ0n) is 11.6. The lowest BCUT2D eigenvalue weighted by atomic mass is 10.1. The molecule has 3 aromatic rings. The second kappa shape index (κ2) is 5.38. The number of hydrogen-bond acceptors (Lipinski definition) is 5. The lowest BCUT2D eigenvalue weighted by Crippen LogP contribution is -2.00. The van der Waals surface area contributed by atoms with Gasteiger partial charge in [-0.05, 0) is 41.6 Å². The Bertz CT molecular complexity index is 817. The van der Waals surface area contributed by atoms with Crippen LogP contribution in [-0.2, 0) is 6.42 Å². The van der Waals surface area contributed by atoms with E-state index in [2.05, 4.69) is 26.7 Å². The van der Waals surface area contributed by atoms with Crippen molar-refractivity contribution in [1.29, 1.82) is 0 Å². The molecule has 3 heterocycles. The van der Waals surface area contributed by atoms with Crippen LogP contribution >= 0.6 is 11.3 Å². The third kappa shape index (κ3) is 2.42. The Hall–Kier alpha value is -2.47. The van der Waals surface area contributed by atoms with Gasteiger partial charge in [-0.3, -0.25) is 0 Å². The van der Waals surface area contributed by atoms with Crippen LogP contribution in [0.4, 0.5) is 21.7 Å². The van der Waals surface area contributed by atoms with Crippen molar-refractivity contribution in [1.82, 2.24) is 9.97 Å². The smallest absolute Gasteiger partial charge is 0.227 e. The first-order valence-electron chi connectivity index (χ1n) is 6.98. The molecule has 1 aromatic carbocycles. The largest absolute Gasteiger partial charge is 0.384 e. The second-order valence-electron chi connectivity index (χ2n) is 5.08. The molecule has 0 aliphatic carbocycles. The van der Waals surface area contributed by atoms with E-state index >= 15 is 0 Å². The molecule has 4 nitrogen and oxygen atoms in total. The Balaban J connectivity index is 1.65. The molecule has 1 aliphatic rings. The van der Waals surface area contributed by atoms with E-state index in [9.17, 15) is 4.39 Å². The van der Waals surface area contributed by atoms with E-state index in [1.807, 2.05) is 29.0 Å². The van der Waals surface area contributed by atoms with E-state index in [-0.39, 0.29) is 0 Å². The monoisotopic (exact) mass is 312 g/mol. The van der Waals surface area contributed by atoms with Crippen molar-refractivity contribution < 1.29 is 4.39 Å². The number of halogens is 1. The van der Waals surface area contributed by atoms with Crippen molar-refractivity contribution in [2.24, 2.45) is 0 Å². The Labute approximate surface area is 131 Å². The van der Waals surface area contributed by atoms with Crippen LogP contribution in [0.1, 0.15) is 5.56 Å². The first kappa shape index (κ1) is 13.2. The van der Waals surface area contributed by atoms with Crippen LogP contribution in [-0.4, -0.2) is 16.5 Å². The quantitative estimate of drug-likeness (QED) is 0.766. The SMILES string of the molecule is Fc1cnc(Nc2ccc3c(c2)CCN3)nc1-c1ccsc1. The maximum atomic E-state index is 13.9. The number of nitrogens with one attached hydrogen (secondary N) is 2. The van der Waals surface area contributed by atoms with E-state index in [1.54, 1.807) is 0 Å². The van der Waals surface area contributed by atoms with Gasteiger partial charge in [0.15, 0.2) is 5.82 Å². The molecule has 0 bridgehead atoms.